The normalized spacial score (nSPS) is 18.5. The predicted octanol–water partition coefficient (Wildman–Crippen LogP) is 6.84. The summed E-state index contributed by atoms with van der Waals surface area (Å²) in [6, 6.07) is 23.5. The number of rotatable bonds is 7. The van der Waals surface area contributed by atoms with Crippen LogP contribution < -0.4 is 30.5 Å². The van der Waals surface area contributed by atoms with Gasteiger partial charge in [0.15, 0.2) is 0 Å². The summed E-state index contributed by atoms with van der Waals surface area (Å²) in [5.74, 6) is 1.59. The molecule has 4 aliphatic rings. The highest BCUT2D eigenvalue weighted by Gasteiger charge is 2.29. The number of fused-ring (bicyclic) bond motifs is 2. The van der Waals surface area contributed by atoms with Gasteiger partial charge in [-0.3, -0.25) is 15.0 Å². The maximum absolute atomic E-state index is 12.2. The first kappa shape index (κ1) is 34.0. The molecule has 9 rings (SSSR count). The van der Waals surface area contributed by atoms with E-state index in [4.69, 9.17) is 9.72 Å². The van der Waals surface area contributed by atoms with Gasteiger partial charge >= 0.3 is 6.03 Å². The summed E-state index contributed by atoms with van der Waals surface area (Å²) in [5, 5.41) is 10.2. The molecule has 54 heavy (non-hydrogen) atoms. The van der Waals surface area contributed by atoms with Crippen LogP contribution in [0.1, 0.15) is 49.1 Å². The molecular formula is C42H45N9O3. The Balaban J connectivity index is 0.772. The third-order valence-electron chi connectivity index (χ3n) is 11.6. The Morgan fingerprint density at radius 3 is 2.39 bits per heavy atom. The molecule has 12 nitrogen and oxygen atoms in total. The van der Waals surface area contributed by atoms with Crippen molar-refractivity contribution in [1.82, 2.24) is 25.2 Å². The largest absolute Gasteiger partial charge is 0.474 e. The summed E-state index contributed by atoms with van der Waals surface area (Å²) in [5.41, 5.74) is 9.44. The molecule has 5 aromatic rings. The van der Waals surface area contributed by atoms with E-state index in [-0.39, 0.29) is 11.9 Å². The van der Waals surface area contributed by atoms with E-state index in [1.165, 1.54) is 24.1 Å². The van der Waals surface area contributed by atoms with Gasteiger partial charge in [0.25, 0.3) is 0 Å². The van der Waals surface area contributed by atoms with Gasteiger partial charge in [0.05, 0.1) is 5.52 Å². The number of urea groups is 1. The van der Waals surface area contributed by atoms with Crippen LogP contribution in [0.3, 0.4) is 0 Å². The number of nitrogens with one attached hydrogen (secondary N) is 3. The standard InChI is InChI=1S/C42H45N9O3/c1-27-36(26-44-40-39(27)43-17-23-54-40)30-2-3-31-25-45-41(47-37(31)24-30)46-32-6-4-28(5-7-32)29-12-18-49(19-13-29)34-14-20-50(21-15-34)33-8-10-35(11-9-33)51-22-16-38(52)48-42(51)53/h2-11,24-26,29,34,43H,12-23H2,1H3,(H,45,46,47)(H,48,52,53). The molecule has 12 heteroatoms. The molecule has 0 spiro atoms. The first-order valence-electron chi connectivity index (χ1n) is 19.2. The van der Waals surface area contributed by atoms with Crippen LogP contribution in [0.2, 0.25) is 0 Å². The van der Waals surface area contributed by atoms with E-state index in [1.54, 1.807) is 4.90 Å². The average Bonchev–Trinajstić information content (AvgIpc) is 3.21. The number of amides is 3. The third-order valence-corrected chi connectivity index (χ3v) is 11.6. The summed E-state index contributed by atoms with van der Waals surface area (Å²) >= 11 is 0. The second-order valence-corrected chi connectivity index (χ2v) is 14.8. The minimum atomic E-state index is -0.343. The average molecular weight is 724 g/mol. The fourth-order valence-electron chi connectivity index (χ4n) is 8.47. The number of ether oxygens (including phenoxy) is 1. The van der Waals surface area contributed by atoms with Crippen LogP contribution in [0.4, 0.5) is 33.5 Å². The van der Waals surface area contributed by atoms with E-state index in [0.717, 1.165) is 90.2 Å². The monoisotopic (exact) mass is 723 g/mol. The number of hydrogen-bond donors (Lipinski definition) is 3. The molecule has 0 unspecified atom stereocenters. The van der Waals surface area contributed by atoms with Crippen LogP contribution >= 0.6 is 0 Å². The summed E-state index contributed by atoms with van der Waals surface area (Å²) in [7, 11) is 0. The van der Waals surface area contributed by atoms with Gasteiger partial charge in [0, 0.05) is 79.0 Å². The van der Waals surface area contributed by atoms with Crippen LogP contribution in [0, 0.1) is 6.92 Å². The van der Waals surface area contributed by atoms with E-state index in [2.05, 4.69) is 97.2 Å². The lowest BCUT2D eigenvalue weighted by atomic mass is 9.88. The van der Waals surface area contributed by atoms with Gasteiger partial charge < -0.3 is 25.2 Å². The molecule has 4 aliphatic heterocycles. The van der Waals surface area contributed by atoms with Crippen molar-refractivity contribution in [2.24, 2.45) is 0 Å². The number of carbonyl (C=O) groups excluding carboxylic acids is 2. The van der Waals surface area contributed by atoms with Crippen molar-refractivity contribution in [2.45, 2.75) is 51.0 Å². The smallest absolute Gasteiger partial charge is 0.328 e. The lowest BCUT2D eigenvalue weighted by Crippen LogP contribution is -2.49. The molecule has 0 saturated carbocycles. The fraction of sp³-hybridized carbons (Fsp3) is 0.357. The van der Waals surface area contributed by atoms with Crippen molar-refractivity contribution in [3.05, 3.63) is 90.3 Å². The number of anilines is 5. The van der Waals surface area contributed by atoms with Crippen molar-refractivity contribution in [3.8, 4) is 17.0 Å². The summed E-state index contributed by atoms with van der Waals surface area (Å²) < 4.78 is 5.72. The van der Waals surface area contributed by atoms with Crippen molar-refractivity contribution in [3.63, 3.8) is 0 Å². The predicted molar refractivity (Wildman–Crippen MR) is 212 cm³/mol. The molecule has 0 bridgehead atoms. The zero-order chi connectivity index (χ0) is 36.6. The molecule has 0 radical (unpaired) electrons. The van der Waals surface area contributed by atoms with Crippen LogP contribution in [-0.4, -0.2) is 83.7 Å². The summed E-state index contributed by atoms with van der Waals surface area (Å²) in [4.78, 5) is 44.6. The number of carbonyl (C=O) groups is 2. The topological polar surface area (TPSA) is 128 Å². The van der Waals surface area contributed by atoms with E-state index in [9.17, 15) is 9.59 Å². The molecule has 3 amide bonds. The first-order valence-corrected chi connectivity index (χ1v) is 19.2. The molecule has 2 aromatic heterocycles. The van der Waals surface area contributed by atoms with Gasteiger partial charge in [-0.05, 0) is 111 Å². The van der Waals surface area contributed by atoms with Gasteiger partial charge in [-0.2, -0.15) is 0 Å². The van der Waals surface area contributed by atoms with E-state index < -0.39 is 0 Å². The number of pyridine rings is 1. The number of likely N-dealkylation sites (tertiary alicyclic amines) is 1. The highest BCUT2D eigenvalue weighted by Crippen LogP contribution is 2.37. The van der Waals surface area contributed by atoms with E-state index in [0.29, 0.717) is 43.4 Å². The van der Waals surface area contributed by atoms with Crippen molar-refractivity contribution in [1.29, 1.82) is 0 Å². The zero-order valence-electron chi connectivity index (χ0n) is 30.6. The Bertz CT molecular complexity index is 2180. The van der Waals surface area contributed by atoms with Gasteiger partial charge in [-0.25, -0.2) is 19.7 Å². The number of hydrogen-bond acceptors (Lipinski definition) is 10. The highest BCUT2D eigenvalue weighted by atomic mass is 16.5. The molecule has 6 heterocycles. The van der Waals surface area contributed by atoms with Gasteiger partial charge in [0.2, 0.25) is 17.7 Å². The lowest BCUT2D eigenvalue weighted by Gasteiger charge is -2.42. The van der Waals surface area contributed by atoms with Crippen LogP contribution in [0.25, 0.3) is 22.0 Å². The Kier molecular flexibility index (Phi) is 9.19. The van der Waals surface area contributed by atoms with E-state index >= 15 is 0 Å². The number of piperidine rings is 2. The minimum absolute atomic E-state index is 0.212. The van der Waals surface area contributed by atoms with Crippen molar-refractivity contribution >= 4 is 51.5 Å². The highest BCUT2D eigenvalue weighted by molar-refractivity contribution is 6.05. The Hall–Kier alpha value is -5.75. The van der Waals surface area contributed by atoms with Gasteiger partial charge in [-0.1, -0.05) is 24.3 Å². The fourth-order valence-corrected chi connectivity index (χ4v) is 8.47. The molecular weight excluding hydrogens is 679 g/mol. The molecule has 0 aliphatic carbocycles. The third kappa shape index (κ3) is 6.89. The second-order valence-electron chi connectivity index (χ2n) is 14.8. The molecule has 3 aromatic carbocycles. The van der Waals surface area contributed by atoms with Crippen LogP contribution in [-0.2, 0) is 4.79 Å². The Morgan fingerprint density at radius 2 is 1.61 bits per heavy atom. The zero-order valence-corrected chi connectivity index (χ0v) is 30.6. The molecule has 3 N–H and O–H groups in total. The number of benzene rings is 3. The van der Waals surface area contributed by atoms with Crippen molar-refractivity contribution < 1.29 is 14.3 Å². The Morgan fingerprint density at radius 1 is 0.833 bits per heavy atom. The lowest BCUT2D eigenvalue weighted by molar-refractivity contribution is -0.120. The van der Waals surface area contributed by atoms with Crippen molar-refractivity contribution in [2.75, 3.05) is 66.3 Å². The number of imide groups is 1. The first-order chi connectivity index (χ1) is 26.4. The second kappa shape index (κ2) is 14.6. The number of nitrogens with zero attached hydrogens (tertiary/aromatic N) is 6. The number of aromatic nitrogens is 3. The minimum Gasteiger partial charge on any atom is -0.474 e. The summed E-state index contributed by atoms with van der Waals surface area (Å²) in [6.07, 6.45) is 8.73. The van der Waals surface area contributed by atoms with E-state index in [1.807, 2.05) is 24.5 Å². The van der Waals surface area contributed by atoms with Gasteiger partial charge in [-0.15, -0.1) is 0 Å². The van der Waals surface area contributed by atoms with Crippen LogP contribution in [0.5, 0.6) is 5.88 Å². The summed E-state index contributed by atoms with van der Waals surface area (Å²) in [6.45, 7) is 8.23. The maximum Gasteiger partial charge on any atom is 0.328 e. The molecule has 0 atom stereocenters. The maximum atomic E-state index is 12.2. The Labute approximate surface area is 314 Å². The molecule has 3 fully saturated rings. The van der Waals surface area contributed by atoms with Gasteiger partial charge in [0.1, 0.15) is 12.3 Å². The SMILES string of the molecule is Cc1c(-c2ccc3cnc(Nc4ccc(C5CCN(C6CCN(c7ccc(N8CCC(=O)NC8=O)cc7)CC6)CC5)cc4)nc3c2)cnc2c1NCCO2. The molecule has 3 saturated heterocycles. The van der Waals surface area contributed by atoms with Crippen LogP contribution in [0.15, 0.2) is 79.1 Å². The molecule has 276 valence electrons. The quantitative estimate of drug-likeness (QED) is 0.164.